The van der Waals surface area contributed by atoms with Crippen LogP contribution in [0.5, 0.6) is 0 Å². The van der Waals surface area contributed by atoms with Gasteiger partial charge in [-0.2, -0.15) is 0 Å². The molecule has 1 fully saturated rings. The van der Waals surface area contributed by atoms with E-state index in [0.29, 0.717) is 0 Å². The standard InChI is InChI=1S/C10H22N2/c1-9(8-11-2)10-6-4-5-7-12(10)3/h9-11H,4-8H2,1-3H3. The molecule has 2 heteroatoms. The number of nitrogens with one attached hydrogen (secondary N) is 1. The predicted molar refractivity (Wildman–Crippen MR) is 53.4 cm³/mol. The van der Waals surface area contributed by atoms with E-state index in [1.54, 1.807) is 0 Å². The van der Waals surface area contributed by atoms with Crippen molar-refractivity contribution in [3.63, 3.8) is 0 Å². The number of piperidine rings is 1. The van der Waals surface area contributed by atoms with E-state index in [1.807, 2.05) is 7.05 Å². The van der Waals surface area contributed by atoms with Gasteiger partial charge in [-0.15, -0.1) is 0 Å². The van der Waals surface area contributed by atoms with Gasteiger partial charge in [-0.25, -0.2) is 0 Å². The quantitative estimate of drug-likeness (QED) is 0.687. The molecule has 0 aliphatic carbocycles. The molecule has 2 atom stereocenters. The minimum absolute atomic E-state index is 0.792. The minimum Gasteiger partial charge on any atom is -0.319 e. The number of rotatable bonds is 3. The Balaban J connectivity index is 2.36. The molecular formula is C10H22N2. The van der Waals surface area contributed by atoms with Crippen LogP contribution >= 0.6 is 0 Å². The number of hydrogen-bond donors (Lipinski definition) is 1. The summed E-state index contributed by atoms with van der Waals surface area (Å²) in [5.41, 5.74) is 0. The summed E-state index contributed by atoms with van der Waals surface area (Å²) in [7, 11) is 4.30. The van der Waals surface area contributed by atoms with Crippen LogP contribution in [0.25, 0.3) is 0 Å². The lowest BCUT2D eigenvalue weighted by atomic mass is 9.92. The van der Waals surface area contributed by atoms with Gasteiger partial charge in [0, 0.05) is 6.04 Å². The molecular weight excluding hydrogens is 148 g/mol. The third kappa shape index (κ3) is 2.46. The Kier molecular flexibility index (Phi) is 4.02. The van der Waals surface area contributed by atoms with Crippen molar-refractivity contribution >= 4 is 0 Å². The van der Waals surface area contributed by atoms with Crippen molar-refractivity contribution in [1.29, 1.82) is 0 Å². The lowest BCUT2D eigenvalue weighted by Gasteiger charge is -2.36. The molecule has 0 aromatic heterocycles. The summed E-state index contributed by atoms with van der Waals surface area (Å²) >= 11 is 0. The molecule has 1 heterocycles. The zero-order valence-corrected chi connectivity index (χ0v) is 8.64. The van der Waals surface area contributed by atoms with Gasteiger partial charge in [0.2, 0.25) is 0 Å². The topological polar surface area (TPSA) is 15.3 Å². The second-order valence-corrected chi connectivity index (χ2v) is 4.08. The summed E-state index contributed by atoms with van der Waals surface area (Å²) in [6.07, 6.45) is 4.20. The second-order valence-electron chi connectivity index (χ2n) is 4.08. The fourth-order valence-electron chi connectivity index (χ4n) is 2.28. The Morgan fingerprint density at radius 2 is 2.25 bits per heavy atom. The Labute approximate surface area is 76.3 Å². The van der Waals surface area contributed by atoms with E-state index >= 15 is 0 Å². The van der Waals surface area contributed by atoms with E-state index in [9.17, 15) is 0 Å². The molecule has 0 bridgehead atoms. The maximum Gasteiger partial charge on any atom is 0.0130 e. The lowest BCUT2D eigenvalue weighted by Crippen LogP contribution is -2.43. The summed E-state index contributed by atoms with van der Waals surface area (Å²) < 4.78 is 0. The van der Waals surface area contributed by atoms with E-state index in [2.05, 4.69) is 24.2 Å². The molecule has 0 spiro atoms. The van der Waals surface area contributed by atoms with Crippen molar-refractivity contribution < 1.29 is 0 Å². The fraction of sp³-hybridized carbons (Fsp3) is 1.00. The number of nitrogens with zero attached hydrogens (tertiary/aromatic N) is 1. The van der Waals surface area contributed by atoms with Crippen molar-refractivity contribution in [2.75, 3.05) is 27.2 Å². The molecule has 1 saturated heterocycles. The molecule has 0 amide bonds. The smallest absolute Gasteiger partial charge is 0.0130 e. The summed E-state index contributed by atoms with van der Waals surface area (Å²) in [4.78, 5) is 2.52. The zero-order valence-electron chi connectivity index (χ0n) is 8.64. The Hall–Kier alpha value is -0.0800. The van der Waals surface area contributed by atoms with E-state index in [0.717, 1.165) is 18.5 Å². The van der Waals surface area contributed by atoms with Gasteiger partial charge in [0.25, 0.3) is 0 Å². The van der Waals surface area contributed by atoms with Gasteiger partial charge in [-0.1, -0.05) is 13.3 Å². The molecule has 1 aliphatic rings. The van der Waals surface area contributed by atoms with E-state index < -0.39 is 0 Å². The van der Waals surface area contributed by atoms with Gasteiger partial charge < -0.3 is 10.2 Å². The van der Waals surface area contributed by atoms with Crippen LogP contribution in [0.2, 0.25) is 0 Å². The second kappa shape index (κ2) is 4.83. The highest BCUT2D eigenvalue weighted by Crippen LogP contribution is 2.20. The monoisotopic (exact) mass is 170 g/mol. The maximum atomic E-state index is 3.26. The largest absolute Gasteiger partial charge is 0.319 e. The molecule has 0 aromatic carbocycles. The normalized spacial score (nSPS) is 28.8. The van der Waals surface area contributed by atoms with Gasteiger partial charge in [0.15, 0.2) is 0 Å². The summed E-state index contributed by atoms with van der Waals surface area (Å²) in [5.74, 6) is 0.792. The maximum absolute atomic E-state index is 3.26. The highest BCUT2D eigenvalue weighted by molar-refractivity contribution is 4.79. The highest BCUT2D eigenvalue weighted by atomic mass is 15.1. The average molecular weight is 170 g/mol. The average Bonchev–Trinajstić information content (AvgIpc) is 2.05. The van der Waals surface area contributed by atoms with Crippen molar-refractivity contribution in [3.8, 4) is 0 Å². The number of hydrogen-bond acceptors (Lipinski definition) is 2. The molecule has 1 N–H and O–H groups in total. The summed E-state index contributed by atoms with van der Waals surface area (Å²) in [5, 5.41) is 3.26. The predicted octanol–water partition coefficient (Wildman–Crippen LogP) is 1.33. The first-order valence-corrected chi connectivity index (χ1v) is 5.10. The van der Waals surface area contributed by atoms with Gasteiger partial charge in [0.1, 0.15) is 0 Å². The fourth-order valence-corrected chi connectivity index (χ4v) is 2.28. The van der Waals surface area contributed by atoms with Crippen LogP contribution in [0.3, 0.4) is 0 Å². The van der Waals surface area contributed by atoms with E-state index in [1.165, 1.54) is 25.8 Å². The first-order valence-electron chi connectivity index (χ1n) is 5.10. The minimum atomic E-state index is 0.792. The van der Waals surface area contributed by atoms with Gasteiger partial charge in [-0.05, 0) is 45.9 Å². The van der Waals surface area contributed by atoms with Gasteiger partial charge in [-0.3, -0.25) is 0 Å². The van der Waals surface area contributed by atoms with Crippen LogP contribution in [0.4, 0.5) is 0 Å². The third-order valence-corrected chi connectivity index (χ3v) is 3.01. The van der Waals surface area contributed by atoms with Crippen molar-refractivity contribution in [1.82, 2.24) is 10.2 Å². The third-order valence-electron chi connectivity index (χ3n) is 3.01. The highest BCUT2D eigenvalue weighted by Gasteiger charge is 2.23. The van der Waals surface area contributed by atoms with Gasteiger partial charge in [0.05, 0.1) is 0 Å². The van der Waals surface area contributed by atoms with Crippen molar-refractivity contribution in [2.24, 2.45) is 5.92 Å². The molecule has 0 radical (unpaired) electrons. The SMILES string of the molecule is CNCC(C)C1CCCCN1C. The first kappa shape index (κ1) is 10.0. The van der Waals surface area contributed by atoms with Crippen molar-refractivity contribution in [2.45, 2.75) is 32.2 Å². The van der Waals surface area contributed by atoms with E-state index in [4.69, 9.17) is 0 Å². The van der Waals surface area contributed by atoms with E-state index in [-0.39, 0.29) is 0 Å². The molecule has 2 nitrogen and oxygen atoms in total. The molecule has 1 rings (SSSR count). The van der Waals surface area contributed by atoms with Crippen LogP contribution in [0.1, 0.15) is 26.2 Å². The van der Waals surface area contributed by atoms with Gasteiger partial charge >= 0.3 is 0 Å². The van der Waals surface area contributed by atoms with Crippen molar-refractivity contribution in [3.05, 3.63) is 0 Å². The lowest BCUT2D eigenvalue weighted by molar-refractivity contribution is 0.136. The molecule has 0 aromatic rings. The molecule has 1 aliphatic heterocycles. The summed E-state index contributed by atoms with van der Waals surface area (Å²) in [6.45, 7) is 4.79. The Bertz CT molecular complexity index is 125. The Morgan fingerprint density at radius 1 is 1.50 bits per heavy atom. The first-order chi connectivity index (χ1) is 5.75. The van der Waals surface area contributed by atoms with Crippen LogP contribution < -0.4 is 5.32 Å². The summed E-state index contributed by atoms with van der Waals surface area (Å²) in [6, 6.07) is 0.811. The zero-order chi connectivity index (χ0) is 8.97. The van der Waals surface area contributed by atoms with Crippen LogP contribution in [-0.4, -0.2) is 38.1 Å². The van der Waals surface area contributed by atoms with Crippen LogP contribution in [-0.2, 0) is 0 Å². The molecule has 0 saturated carbocycles. The van der Waals surface area contributed by atoms with Crippen LogP contribution in [0, 0.1) is 5.92 Å². The molecule has 12 heavy (non-hydrogen) atoms. The number of likely N-dealkylation sites (tertiary alicyclic amines) is 1. The Morgan fingerprint density at radius 3 is 2.83 bits per heavy atom. The molecule has 72 valence electrons. The van der Waals surface area contributed by atoms with Crippen LogP contribution in [0.15, 0.2) is 0 Å². The molecule has 2 unspecified atom stereocenters.